The quantitative estimate of drug-likeness (QED) is 0.387. The molecule has 7 heteroatoms. The number of fused-ring (bicyclic) bond motifs is 1. The number of thioether (sulfide) groups is 1. The van der Waals surface area contributed by atoms with E-state index < -0.39 is 9.84 Å². The Morgan fingerprint density at radius 3 is 2.27 bits per heavy atom. The van der Waals surface area contributed by atoms with Crippen LogP contribution in [0.4, 0.5) is 0 Å². The molecule has 154 valence electrons. The van der Waals surface area contributed by atoms with Crippen LogP contribution in [-0.4, -0.2) is 25.3 Å². The Hall–Kier alpha value is -2.25. The van der Waals surface area contributed by atoms with Crippen LogP contribution in [0.1, 0.15) is 5.56 Å². The summed E-state index contributed by atoms with van der Waals surface area (Å²) < 4.78 is 29.5. The third-order valence-electron chi connectivity index (χ3n) is 4.81. The Morgan fingerprint density at radius 1 is 0.900 bits per heavy atom. The zero-order valence-electron chi connectivity index (χ0n) is 16.2. The highest BCUT2D eigenvalue weighted by Crippen LogP contribution is 2.40. The number of halogens is 1. The van der Waals surface area contributed by atoms with Gasteiger partial charge in [-0.2, -0.15) is 0 Å². The zero-order valence-corrected chi connectivity index (χ0v) is 18.6. The van der Waals surface area contributed by atoms with Crippen molar-refractivity contribution in [1.29, 1.82) is 0 Å². The van der Waals surface area contributed by atoms with Crippen LogP contribution in [0.2, 0.25) is 5.02 Å². The summed E-state index contributed by atoms with van der Waals surface area (Å²) in [4.78, 5) is 0.555. The molecule has 2 N–H and O–H groups in total. The van der Waals surface area contributed by atoms with E-state index in [4.69, 9.17) is 17.3 Å². The molecular formula is C23H21ClN2O2S2. The van der Waals surface area contributed by atoms with Crippen LogP contribution in [0.5, 0.6) is 0 Å². The number of para-hydroxylation sites is 1. The summed E-state index contributed by atoms with van der Waals surface area (Å²) in [6.07, 6.45) is 0. The molecule has 4 rings (SSSR count). The summed E-state index contributed by atoms with van der Waals surface area (Å²) >= 11 is 7.46. The van der Waals surface area contributed by atoms with Crippen LogP contribution >= 0.6 is 23.4 Å². The summed E-state index contributed by atoms with van der Waals surface area (Å²) in [5.74, 6) is 0.619. The molecule has 0 radical (unpaired) electrons. The van der Waals surface area contributed by atoms with Crippen LogP contribution in [0, 0.1) is 0 Å². The molecule has 0 saturated heterocycles. The molecule has 0 aliphatic rings. The summed E-state index contributed by atoms with van der Waals surface area (Å²) in [5.41, 5.74) is 7.75. The highest BCUT2D eigenvalue weighted by molar-refractivity contribution is 8.00. The number of rotatable bonds is 7. The number of hydrogen-bond acceptors (Lipinski definition) is 4. The average Bonchev–Trinajstić information content (AvgIpc) is 3.07. The largest absolute Gasteiger partial charge is 0.330 e. The normalized spacial score (nSPS) is 11.8. The van der Waals surface area contributed by atoms with Crippen molar-refractivity contribution in [2.45, 2.75) is 21.4 Å². The van der Waals surface area contributed by atoms with Gasteiger partial charge in [-0.05, 0) is 35.9 Å². The Balaban J connectivity index is 1.97. The molecular weight excluding hydrogens is 436 g/mol. The van der Waals surface area contributed by atoms with Crippen LogP contribution in [0.25, 0.3) is 10.9 Å². The fourth-order valence-corrected chi connectivity index (χ4v) is 6.50. The lowest BCUT2D eigenvalue weighted by molar-refractivity contribution is 0.592. The number of benzene rings is 3. The van der Waals surface area contributed by atoms with Gasteiger partial charge in [0, 0.05) is 29.3 Å². The number of hydrogen-bond donors (Lipinski definition) is 1. The predicted molar refractivity (Wildman–Crippen MR) is 124 cm³/mol. The van der Waals surface area contributed by atoms with Crippen LogP contribution in [0.15, 0.2) is 93.7 Å². The van der Waals surface area contributed by atoms with Crippen molar-refractivity contribution < 1.29 is 8.42 Å². The predicted octanol–water partition coefficient (Wildman–Crippen LogP) is 5.23. The van der Waals surface area contributed by atoms with Gasteiger partial charge in [0.15, 0.2) is 0 Å². The molecule has 0 unspecified atom stereocenters. The number of nitrogens with zero attached hydrogens (tertiary/aromatic N) is 1. The second-order valence-electron chi connectivity index (χ2n) is 6.82. The molecule has 4 nitrogen and oxygen atoms in total. The van der Waals surface area contributed by atoms with Gasteiger partial charge in [-0.15, -0.1) is 11.8 Å². The van der Waals surface area contributed by atoms with Gasteiger partial charge in [0.1, 0.15) is 4.90 Å². The molecule has 0 atom stereocenters. The van der Waals surface area contributed by atoms with Crippen molar-refractivity contribution >= 4 is 44.1 Å². The Kier molecular flexibility index (Phi) is 6.20. The van der Waals surface area contributed by atoms with Gasteiger partial charge in [0.25, 0.3) is 0 Å². The first-order valence-electron chi connectivity index (χ1n) is 9.51. The topological polar surface area (TPSA) is 65.1 Å². The van der Waals surface area contributed by atoms with E-state index in [9.17, 15) is 8.42 Å². The van der Waals surface area contributed by atoms with E-state index >= 15 is 0 Å². The SMILES string of the molecule is NCCSc1c(S(=O)(=O)c2ccc(Cl)cc2)c2ccccc2n1Cc1ccccc1. The van der Waals surface area contributed by atoms with Crippen molar-refractivity contribution in [1.82, 2.24) is 4.57 Å². The van der Waals surface area contributed by atoms with Gasteiger partial charge in [0.05, 0.1) is 15.4 Å². The fourth-order valence-electron chi connectivity index (χ4n) is 3.46. The van der Waals surface area contributed by atoms with Gasteiger partial charge in [0.2, 0.25) is 9.84 Å². The summed E-state index contributed by atoms with van der Waals surface area (Å²) in [5, 5.41) is 1.92. The standard InChI is InChI=1S/C23H21ClN2O2S2/c24-18-10-12-19(13-11-18)30(27,28)22-20-8-4-5-9-21(20)26(23(22)29-15-14-25)16-17-6-2-1-3-7-17/h1-13H,14-16,25H2. The van der Waals surface area contributed by atoms with Crippen LogP contribution in [0.3, 0.4) is 0 Å². The van der Waals surface area contributed by atoms with E-state index in [0.29, 0.717) is 39.2 Å². The fraction of sp³-hybridized carbons (Fsp3) is 0.130. The smallest absolute Gasteiger partial charge is 0.209 e. The molecule has 0 saturated carbocycles. The molecule has 30 heavy (non-hydrogen) atoms. The number of aromatic nitrogens is 1. The van der Waals surface area contributed by atoms with E-state index in [0.717, 1.165) is 11.1 Å². The van der Waals surface area contributed by atoms with E-state index in [-0.39, 0.29) is 4.90 Å². The van der Waals surface area contributed by atoms with Crippen LogP contribution < -0.4 is 5.73 Å². The number of sulfone groups is 1. The first-order chi connectivity index (χ1) is 14.5. The lowest BCUT2D eigenvalue weighted by Crippen LogP contribution is -2.08. The van der Waals surface area contributed by atoms with Gasteiger partial charge >= 0.3 is 0 Å². The van der Waals surface area contributed by atoms with Gasteiger partial charge < -0.3 is 10.3 Å². The zero-order chi connectivity index (χ0) is 21.1. The molecule has 0 bridgehead atoms. The van der Waals surface area contributed by atoms with E-state index in [1.807, 2.05) is 54.6 Å². The van der Waals surface area contributed by atoms with Crippen molar-refractivity contribution in [3.63, 3.8) is 0 Å². The van der Waals surface area contributed by atoms with Gasteiger partial charge in [-0.25, -0.2) is 8.42 Å². The second-order valence-corrected chi connectivity index (χ2v) is 10.2. The average molecular weight is 457 g/mol. The second kappa shape index (κ2) is 8.86. The third-order valence-corrected chi connectivity index (χ3v) is 8.17. The minimum atomic E-state index is -3.76. The van der Waals surface area contributed by atoms with E-state index in [1.54, 1.807) is 24.3 Å². The number of nitrogens with two attached hydrogens (primary N) is 1. The molecule has 0 amide bonds. The summed E-state index contributed by atoms with van der Waals surface area (Å²) in [7, 11) is -3.76. The molecule has 1 heterocycles. The van der Waals surface area contributed by atoms with Crippen molar-refractivity contribution in [2.75, 3.05) is 12.3 Å². The van der Waals surface area contributed by atoms with Crippen molar-refractivity contribution in [2.24, 2.45) is 5.73 Å². The monoisotopic (exact) mass is 456 g/mol. The van der Waals surface area contributed by atoms with Crippen molar-refractivity contribution in [3.8, 4) is 0 Å². The summed E-state index contributed by atoms with van der Waals surface area (Å²) in [6, 6.07) is 24.0. The molecule has 1 aromatic heterocycles. The highest BCUT2D eigenvalue weighted by Gasteiger charge is 2.29. The lowest BCUT2D eigenvalue weighted by Gasteiger charge is -2.12. The van der Waals surface area contributed by atoms with Gasteiger partial charge in [-0.3, -0.25) is 0 Å². The molecule has 0 fully saturated rings. The maximum atomic E-state index is 13.7. The molecule has 4 aromatic rings. The highest BCUT2D eigenvalue weighted by atomic mass is 35.5. The first kappa shape index (κ1) is 21.0. The van der Waals surface area contributed by atoms with Crippen LogP contribution in [-0.2, 0) is 16.4 Å². The molecule has 3 aromatic carbocycles. The first-order valence-corrected chi connectivity index (χ1v) is 12.4. The molecule has 0 spiro atoms. The van der Waals surface area contributed by atoms with Crippen molar-refractivity contribution in [3.05, 3.63) is 89.4 Å². The minimum absolute atomic E-state index is 0.226. The lowest BCUT2D eigenvalue weighted by atomic mass is 10.2. The van der Waals surface area contributed by atoms with Gasteiger partial charge in [-0.1, -0.05) is 60.1 Å². The van der Waals surface area contributed by atoms with E-state index in [1.165, 1.54) is 11.8 Å². The summed E-state index contributed by atoms with van der Waals surface area (Å²) in [6.45, 7) is 1.03. The Bertz CT molecular complexity index is 1270. The Morgan fingerprint density at radius 2 is 1.57 bits per heavy atom. The maximum Gasteiger partial charge on any atom is 0.209 e. The molecule has 0 aliphatic carbocycles. The van der Waals surface area contributed by atoms with E-state index in [2.05, 4.69) is 4.57 Å². The Labute approximate surface area is 185 Å². The maximum absolute atomic E-state index is 13.7. The molecule has 0 aliphatic heterocycles. The third kappa shape index (κ3) is 4.01. The minimum Gasteiger partial charge on any atom is -0.330 e.